The number of carbonyl (C=O) groups excluding carboxylic acids is 2. The van der Waals surface area contributed by atoms with Crippen LogP contribution in [0.25, 0.3) is 0 Å². The van der Waals surface area contributed by atoms with Gasteiger partial charge >= 0.3 is 0 Å². The minimum absolute atomic E-state index is 0.0464. The highest BCUT2D eigenvalue weighted by Gasteiger charge is 2.37. The largest absolute Gasteiger partial charge is 0.312 e. The molecule has 90 valence electrons. The lowest BCUT2D eigenvalue weighted by atomic mass is 9.94. The molecule has 1 heterocycles. The number of rotatable bonds is 3. The molecule has 1 aliphatic rings. The summed E-state index contributed by atoms with van der Waals surface area (Å²) in [6.45, 7) is 4.34. The summed E-state index contributed by atoms with van der Waals surface area (Å²) in [6, 6.07) is 9.53. The van der Waals surface area contributed by atoms with Gasteiger partial charge in [0.25, 0.3) is 0 Å². The normalized spacial score (nSPS) is 20.1. The molecule has 1 amide bonds. The van der Waals surface area contributed by atoms with E-state index in [0.717, 1.165) is 5.69 Å². The minimum atomic E-state index is -0.435. The van der Waals surface area contributed by atoms with Gasteiger partial charge in [-0.25, -0.2) is 0 Å². The Kier molecular flexibility index (Phi) is 3.27. The van der Waals surface area contributed by atoms with Crippen molar-refractivity contribution in [1.29, 1.82) is 0 Å². The van der Waals surface area contributed by atoms with Gasteiger partial charge in [0, 0.05) is 18.2 Å². The van der Waals surface area contributed by atoms with E-state index in [2.05, 4.69) is 0 Å². The SMILES string of the molecule is CC(C)C(=O)C1CCN(c2ccccc2)C1=O. The van der Waals surface area contributed by atoms with Crippen molar-refractivity contribution in [1.82, 2.24) is 0 Å². The van der Waals surface area contributed by atoms with Crippen LogP contribution in [0.15, 0.2) is 30.3 Å². The number of hydrogen-bond donors (Lipinski definition) is 0. The van der Waals surface area contributed by atoms with Crippen LogP contribution in [0.4, 0.5) is 5.69 Å². The monoisotopic (exact) mass is 231 g/mol. The van der Waals surface area contributed by atoms with Gasteiger partial charge in [0.2, 0.25) is 5.91 Å². The van der Waals surface area contributed by atoms with E-state index in [9.17, 15) is 9.59 Å². The topological polar surface area (TPSA) is 37.4 Å². The summed E-state index contributed by atoms with van der Waals surface area (Å²) in [5, 5.41) is 0. The molecule has 1 unspecified atom stereocenters. The third kappa shape index (κ3) is 2.23. The summed E-state index contributed by atoms with van der Waals surface area (Å²) < 4.78 is 0. The third-order valence-electron chi connectivity index (χ3n) is 3.19. The number of para-hydroxylation sites is 1. The van der Waals surface area contributed by atoms with E-state index in [0.29, 0.717) is 13.0 Å². The van der Waals surface area contributed by atoms with Crippen LogP contribution >= 0.6 is 0 Å². The van der Waals surface area contributed by atoms with E-state index < -0.39 is 5.92 Å². The van der Waals surface area contributed by atoms with Crippen molar-refractivity contribution < 1.29 is 9.59 Å². The first-order chi connectivity index (χ1) is 8.11. The highest BCUT2D eigenvalue weighted by molar-refractivity contribution is 6.10. The number of amides is 1. The van der Waals surface area contributed by atoms with Crippen molar-refractivity contribution in [3.05, 3.63) is 30.3 Å². The summed E-state index contributed by atoms with van der Waals surface area (Å²) in [5.41, 5.74) is 0.886. The van der Waals surface area contributed by atoms with Gasteiger partial charge in [0.1, 0.15) is 5.78 Å². The highest BCUT2D eigenvalue weighted by atomic mass is 16.2. The number of benzene rings is 1. The van der Waals surface area contributed by atoms with E-state index in [1.165, 1.54) is 0 Å². The van der Waals surface area contributed by atoms with Gasteiger partial charge in [-0.05, 0) is 18.6 Å². The quantitative estimate of drug-likeness (QED) is 0.748. The highest BCUT2D eigenvalue weighted by Crippen LogP contribution is 2.26. The van der Waals surface area contributed by atoms with Crippen LogP contribution in [0.2, 0.25) is 0 Å². The number of ketones is 1. The number of nitrogens with zero attached hydrogens (tertiary/aromatic N) is 1. The van der Waals surface area contributed by atoms with Crippen LogP contribution in [-0.4, -0.2) is 18.2 Å². The van der Waals surface area contributed by atoms with E-state index in [1.54, 1.807) is 4.90 Å². The molecule has 1 aromatic carbocycles. The zero-order valence-electron chi connectivity index (χ0n) is 10.2. The second-order valence-electron chi connectivity index (χ2n) is 4.72. The molecule has 0 saturated carbocycles. The molecule has 3 nitrogen and oxygen atoms in total. The molecular weight excluding hydrogens is 214 g/mol. The van der Waals surface area contributed by atoms with Gasteiger partial charge in [-0.3, -0.25) is 9.59 Å². The Morgan fingerprint density at radius 1 is 1.29 bits per heavy atom. The Bertz CT molecular complexity index is 425. The average molecular weight is 231 g/mol. The molecule has 17 heavy (non-hydrogen) atoms. The van der Waals surface area contributed by atoms with Crippen molar-refractivity contribution in [3.63, 3.8) is 0 Å². The zero-order chi connectivity index (χ0) is 12.4. The smallest absolute Gasteiger partial charge is 0.237 e. The maximum absolute atomic E-state index is 12.2. The molecule has 0 aromatic heterocycles. The number of Topliss-reactive ketones (excluding diaryl/α,β-unsaturated/α-hetero) is 1. The summed E-state index contributed by atoms with van der Waals surface area (Å²) in [6.07, 6.45) is 0.644. The predicted octanol–water partition coefficient (Wildman–Crippen LogP) is 2.26. The van der Waals surface area contributed by atoms with Crippen molar-refractivity contribution in [3.8, 4) is 0 Å². The first kappa shape index (κ1) is 11.8. The van der Waals surface area contributed by atoms with Crippen LogP contribution in [0.3, 0.4) is 0 Å². The molecule has 0 spiro atoms. The lowest BCUT2D eigenvalue weighted by Crippen LogP contribution is -2.31. The summed E-state index contributed by atoms with van der Waals surface area (Å²) in [4.78, 5) is 25.8. The Morgan fingerprint density at radius 3 is 2.53 bits per heavy atom. The Labute approximate surface area is 101 Å². The molecule has 0 aliphatic carbocycles. The fraction of sp³-hybridized carbons (Fsp3) is 0.429. The van der Waals surface area contributed by atoms with Crippen LogP contribution < -0.4 is 4.90 Å². The molecule has 1 fully saturated rings. The number of anilines is 1. The van der Waals surface area contributed by atoms with Gasteiger partial charge in [0.05, 0.1) is 5.92 Å². The van der Waals surface area contributed by atoms with E-state index >= 15 is 0 Å². The van der Waals surface area contributed by atoms with Crippen LogP contribution in [0.5, 0.6) is 0 Å². The molecule has 3 heteroatoms. The summed E-state index contributed by atoms with van der Waals surface area (Å²) >= 11 is 0. The molecule has 0 bridgehead atoms. The first-order valence-corrected chi connectivity index (χ1v) is 6.01. The molecule has 1 saturated heterocycles. The molecule has 0 N–H and O–H groups in total. The first-order valence-electron chi connectivity index (χ1n) is 6.01. The van der Waals surface area contributed by atoms with E-state index in [4.69, 9.17) is 0 Å². The molecule has 1 atom stereocenters. The molecule has 2 rings (SSSR count). The molecule has 1 aromatic rings. The fourth-order valence-electron chi connectivity index (χ4n) is 2.21. The van der Waals surface area contributed by atoms with Gasteiger partial charge in [-0.15, -0.1) is 0 Å². The van der Waals surface area contributed by atoms with E-state index in [1.807, 2.05) is 44.2 Å². The molecule has 1 aliphatic heterocycles. The van der Waals surface area contributed by atoms with Crippen molar-refractivity contribution in [2.24, 2.45) is 11.8 Å². The summed E-state index contributed by atoms with van der Waals surface area (Å²) in [7, 11) is 0. The second kappa shape index (κ2) is 4.70. The van der Waals surface area contributed by atoms with Crippen LogP contribution in [0.1, 0.15) is 20.3 Å². The van der Waals surface area contributed by atoms with Crippen molar-refractivity contribution >= 4 is 17.4 Å². The second-order valence-corrected chi connectivity index (χ2v) is 4.72. The van der Waals surface area contributed by atoms with Crippen LogP contribution in [-0.2, 0) is 9.59 Å². The maximum atomic E-state index is 12.2. The van der Waals surface area contributed by atoms with E-state index in [-0.39, 0.29) is 17.6 Å². The predicted molar refractivity (Wildman–Crippen MR) is 66.7 cm³/mol. The lowest BCUT2D eigenvalue weighted by molar-refractivity contribution is -0.132. The van der Waals surface area contributed by atoms with Gasteiger partial charge < -0.3 is 4.90 Å². The summed E-state index contributed by atoms with van der Waals surface area (Å²) in [5.74, 6) is -0.488. The molecular formula is C14H17NO2. The lowest BCUT2D eigenvalue weighted by Gasteiger charge is -2.16. The Morgan fingerprint density at radius 2 is 1.94 bits per heavy atom. The number of carbonyl (C=O) groups is 2. The van der Waals surface area contributed by atoms with Gasteiger partial charge in [-0.1, -0.05) is 32.0 Å². The number of hydrogen-bond acceptors (Lipinski definition) is 2. The zero-order valence-corrected chi connectivity index (χ0v) is 10.2. The minimum Gasteiger partial charge on any atom is -0.312 e. The van der Waals surface area contributed by atoms with Crippen molar-refractivity contribution in [2.45, 2.75) is 20.3 Å². The third-order valence-corrected chi connectivity index (χ3v) is 3.19. The Hall–Kier alpha value is -1.64. The molecule has 0 radical (unpaired) electrons. The Balaban J connectivity index is 2.16. The average Bonchev–Trinajstić information content (AvgIpc) is 2.71. The standard InChI is InChI=1S/C14H17NO2/c1-10(2)13(16)12-8-9-15(14(12)17)11-6-4-3-5-7-11/h3-7,10,12H,8-9H2,1-2H3. The van der Waals surface area contributed by atoms with Gasteiger partial charge in [-0.2, -0.15) is 0 Å². The van der Waals surface area contributed by atoms with Gasteiger partial charge in [0.15, 0.2) is 0 Å². The maximum Gasteiger partial charge on any atom is 0.237 e. The van der Waals surface area contributed by atoms with Crippen LogP contribution in [0, 0.1) is 11.8 Å². The van der Waals surface area contributed by atoms with Crippen molar-refractivity contribution in [2.75, 3.05) is 11.4 Å². The fourth-order valence-corrected chi connectivity index (χ4v) is 2.21.